The normalized spacial score (nSPS) is 10.8. The molecule has 0 aliphatic heterocycles. The molecule has 0 atom stereocenters. The molecule has 0 rings (SSSR count). The first-order chi connectivity index (χ1) is 5.91. The largest absolute Gasteiger partial charge is 1.00 e. The molecular formula is C10H20NNaO2. The number of aliphatic carboxylic acids is 1. The van der Waals surface area contributed by atoms with E-state index in [0.29, 0.717) is 11.8 Å². The molecule has 0 amide bonds. The van der Waals surface area contributed by atoms with Crippen molar-refractivity contribution in [1.82, 2.24) is 4.90 Å². The van der Waals surface area contributed by atoms with Crippen molar-refractivity contribution < 1.29 is 39.5 Å². The second-order valence-corrected chi connectivity index (χ2v) is 4.35. The summed E-state index contributed by atoms with van der Waals surface area (Å²) in [7, 11) is 0. The van der Waals surface area contributed by atoms with E-state index in [1.807, 2.05) is 4.90 Å². The Morgan fingerprint density at radius 2 is 1.50 bits per heavy atom. The maximum absolute atomic E-state index is 10.4. The van der Waals surface area contributed by atoms with Crippen molar-refractivity contribution in [3.63, 3.8) is 0 Å². The Bertz CT molecular complexity index is 150. The van der Waals surface area contributed by atoms with Gasteiger partial charge in [-0.05, 0) is 11.8 Å². The van der Waals surface area contributed by atoms with E-state index in [0.717, 1.165) is 13.1 Å². The van der Waals surface area contributed by atoms with Crippen LogP contribution in [-0.2, 0) is 4.79 Å². The molecule has 0 aliphatic rings. The zero-order valence-electron chi connectivity index (χ0n) is 10.0. The van der Waals surface area contributed by atoms with Crippen molar-refractivity contribution >= 4 is 5.97 Å². The molecule has 0 N–H and O–H groups in total. The van der Waals surface area contributed by atoms with E-state index in [1.54, 1.807) is 0 Å². The molecule has 0 saturated heterocycles. The van der Waals surface area contributed by atoms with Crippen LogP contribution >= 0.6 is 0 Å². The predicted octanol–water partition coefficient (Wildman–Crippen LogP) is -2.65. The molecule has 0 bridgehead atoms. The SMILES string of the molecule is CC(C)CN(CC(=O)[O-])CC(C)C.[Na+]. The number of rotatable bonds is 6. The average molecular weight is 209 g/mol. The summed E-state index contributed by atoms with van der Waals surface area (Å²) < 4.78 is 0. The summed E-state index contributed by atoms with van der Waals surface area (Å²) in [5, 5.41) is 10.4. The van der Waals surface area contributed by atoms with Crippen molar-refractivity contribution in [2.24, 2.45) is 11.8 Å². The van der Waals surface area contributed by atoms with Crippen LogP contribution in [0.1, 0.15) is 27.7 Å². The van der Waals surface area contributed by atoms with Crippen molar-refractivity contribution in [2.75, 3.05) is 19.6 Å². The minimum absolute atomic E-state index is 0. The van der Waals surface area contributed by atoms with Crippen molar-refractivity contribution in [2.45, 2.75) is 27.7 Å². The molecule has 14 heavy (non-hydrogen) atoms. The molecule has 0 fully saturated rings. The zero-order chi connectivity index (χ0) is 10.4. The first-order valence-electron chi connectivity index (χ1n) is 4.84. The Kier molecular flexibility index (Phi) is 10.5. The van der Waals surface area contributed by atoms with Gasteiger partial charge in [-0.25, -0.2) is 0 Å². The molecule has 3 nitrogen and oxygen atoms in total. The number of hydrogen-bond acceptors (Lipinski definition) is 3. The molecule has 0 aromatic heterocycles. The summed E-state index contributed by atoms with van der Waals surface area (Å²) in [4.78, 5) is 12.4. The Labute approximate surface area is 109 Å². The standard InChI is InChI=1S/C10H21NO2.Na/c1-8(2)5-11(6-9(3)4)7-10(12)13;/h8-9H,5-7H2,1-4H3,(H,12,13);/q;+1/p-1. The fraction of sp³-hybridized carbons (Fsp3) is 0.900. The molecular weight excluding hydrogens is 189 g/mol. The van der Waals surface area contributed by atoms with Gasteiger partial charge in [0.25, 0.3) is 0 Å². The third kappa shape index (κ3) is 10.5. The zero-order valence-corrected chi connectivity index (χ0v) is 12.0. The Morgan fingerprint density at radius 3 is 1.71 bits per heavy atom. The second-order valence-electron chi connectivity index (χ2n) is 4.35. The minimum Gasteiger partial charge on any atom is -0.549 e. The van der Waals surface area contributed by atoms with E-state index in [-0.39, 0.29) is 36.1 Å². The van der Waals surface area contributed by atoms with Gasteiger partial charge in [0.1, 0.15) is 0 Å². The number of nitrogens with zero attached hydrogens (tertiary/aromatic N) is 1. The van der Waals surface area contributed by atoms with Crippen LogP contribution in [0.25, 0.3) is 0 Å². The number of carboxylic acid groups (broad SMARTS) is 1. The summed E-state index contributed by atoms with van der Waals surface area (Å²) in [5.74, 6) is 0.0116. The van der Waals surface area contributed by atoms with E-state index in [4.69, 9.17) is 0 Å². The maximum Gasteiger partial charge on any atom is 1.00 e. The fourth-order valence-electron chi connectivity index (χ4n) is 1.42. The third-order valence-corrected chi connectivity index (χ3v) is 1.60. The Morgan fingerprint density at radius 1 is 1.14 bits per heavy atom. The van der Waals surface area contributed by atoms with Crippen LogP contribution in [-0.4, -0.2) is 30.5 Å². The van der Waals surface area contributed by atoms with E-state index >= 15 is 0 Å². The van der Waals surface area contributed by atoms with Gasteiger partial charge in [-0.3, -0.25) is 4.90 Å². The van der Waals surface area contributed by atoms with Gasteiger partial charge < -0.3 is 9.90 Å². The smallest absolute Gasteiger partial charge is 0.549 e. The minimum atomic E-state index is -0.985. The van der Waals surface area contributed by atoms with Crippen LogP contribution in [0.15, 0.2) is 0 Å². The first kappa shape index (κ1) is 16.8. The summed E-state index contributed by atoms with van der Waals surface area (Å²) >= 11 is 0. The van der Waals surface area contributed by atoms with Crippen LogP contribution in [0.5, 0.6) is 0 Å². The number of carbonyl (C=O) groups is 1. The van der Waals surface area contributed by atoms with Gasteiger partial charge in [0, 0.05) is 19.6 Å². The molecule has 78 valence electrons. The molecule has 0 aromatic carbocycles. The summed E-state index contributed by atoms with van der Waals surface area (Å²) in [6.45, 7) is 10.0. The quantitative estimate of drug-likeness (QED) is 0.449. The van der Waals surface area contributed by atoms with Gasteiger partial charge in [0.15, 0.2) is 0 Å². The number of carboxylic acids is 1. The Balaban J connectivity index is 0. The number of carbonyl (C=O) groups excluding carboxylic acids is 1. The van der Waals surface area contributed by atoms with Gasteiger partial charge in [-0.1, -0.05) is 27.7 Å². The fourth-order valence-corrected chi connectivity index (χ4v) is 1.42. The van der Waals surface area contributed by atoms with Crippen LogP contribution in [0.2, 0.25) is 0 Å². The van der Waals surface area contributed by atoms with Gasteiger partial charge in [-0.15, -0.1) is 0 Å². The van der Waals surface area contributed by atoms with E-state index in [2.05, 4.69) is 27.7 Å². The van der Waals surface area contributed by atoms with E-state index < -0.39 is 5.97 Å². The molecule has 0 spiro atoms. The second kappa shape index (κ2) is 8.72. The maximum atomic E-state index is 10.4. The molecule has 0 radical (unpaired) electrons. The molecule has 0 saturated carbocycles. The van der Waals surface area contributed by atoms with Gasteiger partial charge in [0.2, 0.25) is 0 Å². The molecule has 0 unspecified atom stereocenters. The first-order valence-corrected chi connectivity index (χ1v) is 4.84. The Hall–Kier alpha value is 0.430. The van der Waals surface area contributed by atoms with Crippen LogP contribution in [0, 0.1) is 11.8 Å². The van der Waals surface area contributed by atoms with Gasteiger partial charge in [-0.2, -0.15) is 0 Å². The predicted molar refractivity (Wildman–Crippen MR) is 51.1 cm³/mol. The van der Waals surface area contributed by atoms with Gasteiger partial charge in [0.05, 0.1) is 5.97 Å². The van der Waals surface area contributed by atoms with Crippen LogP contribution in [0.4, 0.5) is 0 Å². The summed E-state index contributed by atoms with van der Waals surface area (Å²) in [5.41, 5.74) is 0. The average Bonchev–Trinajstić information content (AvgIpc) is 1.80. The van der Waals surface area contributed by atoms with Crippen molar-refractivity contribution in [1.29, 1.82) is 0 Å². The van der Waals surface area contributed by atoms with Crippen LogP contribution in [0.3, 0.4) is 0 Å². The van der Waals surface area contributed by atoms with Gasteiger partial charge >= 0.3 is 29.6 Å². The van der Waals surface area contributed by atoms with Crippen molar-refractivity contribution in [3.05, 3.63) is 0 Å². The van der Waals surface area contributed by atoms with E-state index in [1.165, 1.54) is 0 Å². The number of hydrogen-bond donors (Lipinski definition) is 0. The topological polar surface area (TPSA) is 43.4 Å². The molecule has 4 heteroatoms. The summed E-state index contributed by atoms with van der Waals surface area (Å²) in [6.07, 6.45) is 0. The van der Waals surface area contributed by atoms with Crippen LogP contribution < -0.4 is 34.7 Å². The molecule has 0 aliphatic carbocycles. The summed E-state index contributed by atoms with van der Waals surface area (Å²) in [6, 6.07) is 0. The third-order valence-electron chi connectivity index (χ3n) is 1.60. The molecule has 0 aromatic rings. The van der Waals surface area contributed by atoms with Crippen molar-refractivity contribution in [3.8, 4) is 0 Å². The molecule has 0 heterocycles. The monoisotopic (exact) mass is 209 g/mol. The van der Waals surface area contributed by atoms with E-state index in [9.17, 15) is 9.90 Å².